The Morgan fingerprint density at radius 2 is 1.87 bits per heavy atom. The van der Waals surface area contributed by atoms with Crippen LogP contribution in [0, 0.1) is 11.8 Å². The van der Waals surface area contributed by atoms with Gasteiger partial charge < -0.3 is 4.74 Å². The smallest absolute Gasteiger partial charge is 0.410 e. The van der Waals surface area contributed by atoms with Crippen LogP contribution in [0.25, 0.3) is 0 Å². The minimum absolute atomic E-state index is 0.0483. The first-order chi connectivity index (χ1) is 10.7. The molecule has 1 aliphatic heterocycles. The number of rotatable bonds is 2. The molecule has 2 fully saturated rings. The van der Waals surface area contributed by atoms with Gasteiger partial charge >= 0.3 is 6.09 Å². The van der Waals surface area contributed by atoms with Crippen molar-refractivity contribution in [1.82, 2.24) is 4.90 Å². The van der Waals surface area contributed by atoms with Gasteiger partial charge in [-0.2, -0.15) is 0 Å². The Morgan fingerprint density at radius 1 is 1.17 bits per heavy atom. The molecule has 3 nitrogen and oxygen atoms in total. The lowest BCUT2D eigenvalue weighted by molar-refractivity contribution is 0.118. The third-order valence-corrected chi connectivity index (χ3v) is 6.02. The number of carbonyl (C=O) groups is 1. The van der Waals surface area contributed by atoms with E-state index >= 15 is 0 Å². The molecule has 0 N–H and O–H groups in total. The molecule has 4 atom stereocenters. The number of fused-ring (bicyclic) bond motifs is 1. The number of carbonyl (C=O) groups excluding carboxylic acids is 1. The molecule has 2 radical (unpaired) electrons. The number of amides is 1. The van der Waals surface area contributed by atoms with E-state index in [0.717, 1.165) is 44.9 Å². The van der Waals surface area contributed by atoms with Crippen LogP contribution in [0.15, 0.2) is 0 Å². The van der Waals surface area contributed by atoms with E-state index in [2.05, 4.69) is 34.6 Å². The van der Waals surface area contributed by atoms with Gasteiger partial charge in [0.25, 0.3) is 0 Å². The number of nitrogens with zero attached hydrogens (tertiary/aromatic N) is 1. The molecule has 1 aliphatic carbocycles. The standard InChI is InChI=1S/C19H34BNO2/c1-13(2)19(20)11-7-6-8-16-17(10-9-15(5)12-19)23-18(22)21(16)14(3)4/h13-17H,6-12H2,1-5H3. The lowest BCUT2D eigenvalue weighted by Crippen LogP contribution is -2.41. The van der Waals surface area contributed by atoms with Gasteiger partial charge in [0, 0.05) is 6.04 Å². The van der Waals surface area contributed by atoms with Crippen LogP contribution in [-0.4, -0.2) is 37.0 Å². The number of hydrogen-bond acceptors (Lipinski definition) is 2. The lowest BCUT2D eigenvalue weighted by atomic mass is 9.55. The molecular weight excluding hydrogens is 285 g/mol. The second kappa shape index (κ2) is 7.48. The Hall–Kier alpha value is -0.665. The van der Waals surface area contributed by atoms with Gasteiger partial charge in [-0.1, -0.05) is 51.8 Å². The molecular formula is C19H34BNO2. The SMILES string of the molecule is [B]C1(C(C)C)CCCCC2C(CCC(C)C1)OC(=O)N2C(C)C. The van der Waals surface area contributed by atoms with Gasteiger partial charge in [0.1, 0.15) is 6.10 Å². The molecule has 0 aromatic carbocycles. The van der Waals surface area contributed by atoms with E-state index in [-0.39, 0.29) is 29.6 Å². The maximum absolute atomic E-state index is 12.2. The highest BCUT2D eigenvalue weighted by Gasteiger charge is 2.42. The van der Waals surface area contributed by atoms with Crippen molar-refractivity contribution in [3.63, 3.8) is 0 Å². The summed E-state index contributed by atoms with van der Waals surface area (Å²) in [6.45, 7) is 11.0. The van der Waals surface area contributed by atoms with Crippen LogP contribution in [0.5, 0.6) is 0 Å². The summed E-state index contributed by atoms with van der Waals surface area (Å²) in [5.41, 5.74) is 0. The van der Waals surface area contributed by atoms with Crippen LogP contribution < -0.4 is 0 Å². The molecule has 4 unspecified atom stereocenters. The Kier molecular flexibility index (Phi) is 6.07. The first-order valence-electron chi connectivity index (χ1n) is 9.52. The summed E-state index contributed by atoms with van der Waals surface area (Å²) < 4.78 is 5.72. The fourth-order valence-corrected chi connectivity index (χ4v) is 4.39. The molecule has 0 aromatic rings. The van der Waals surface area contributed by atoms with Crippen molar-refractivity contribution in [1.29, 1.82) is 0 Å². The van der Waals surface area contributed by atoms with Gasteiger partial charge in [0.2, 0.25) is 0 Å². The second-order valence-corrected chi connectivity index (χ2v) is 8.51. The molecule has 130 valence electrons. The predicted molar refractivity (Wildman–Crippen MR) is 95.8 cm³/mol. The van der Waals surface area contributed by atoms with Crippen molar-refractivity contribution in [2.24, 2.45) is 11.8 Å². The monoisotopic (exact) mass is 319 g/mol. The Bertz CT molecular complexity index is 412. The first-order valence-corrected chi connectivity index (χ1v) is 9.52. The topological polar surface area (TPSA) is 29.5 Å². The van der Waals surface area contributed by atoms with Crippen molar-refractivity contribution in [2.75, 3.05) is 0 Å². The van der Waals surface area contributed by atoms with Gasteiger partial charge in [-0.3, -0.25) is 4.90 Å². The fourth-order valence-electron chi connectivity index (χ4n) is 4.39. The van der Waals surface area contributed by atoms with Crippen molar-refractivity contribution < 1.29 is 9.53 Å². The Balaban J connectivity index is 2.11. The quantitative estimate of drug-likeness (QED) is 0.674. The van der Waals surface area contributed by atoms with Crippen LogP contribution in [0.2, 0.25) is 5.31 Å². The van der Waals surface area contributed by atoms with Crippen molar-refractivity contribution in [3.8, 4) is 0 Å². The Labute approximate surface area is 143 Å². The third-order valence-electron chi connectivity index (χ3n) is 6.02. The molecule has 0 spiro atoms. The second-order valence-electron chi connectivity index (χ2n) is 8.51. The summed E-state index contributed by atoms with van der Waals surface area (Å²) in [6, 6.07) is 0.461. The lowest BCUT2D eigenvalue weighted by Gasteiger charge is -2.37. The van der Waals surface area contributed by atoms with E-state index in [4.69, 9.17) is 12.6 Å². The summed E-state index contributed by atoms with van der Waals surface area (Å²) in [5.74, 6) is 1.09. The molecule has 1 amide bonds. The van der Waals surface area contributed by atoms with Crippen molar-refractivity contribution in [3.05, 3.63) is 0 Å². The van der Waals surface area contributed by atoms with Gasteiger partial charge in [-0.05, 0) is 44.9 Å². The zero-order valence-corrected chi connectivity index (χ0v) is 15.7. The van der Waals surface area contributed by atoms with Crippen LogP contribution in [0.4, 0.5) is 4.79 Å². The summed E-state index contributed by atoms with van der Waals surface area (Å²) in [6.07, 6.45) is 7.48. The largest absolute Gasteiger partial charge is 0.444 e. The van der Waals surface area contributed by atoms with Crippen molar-refractivity contribution in [2.45, 2.75) is 103 Å². The van der Waals surface area contributed by atoms with Crippen LogP contribution >= 0.6 is 0 Å². The summed E-state index contributed by atoms with van der Waals surface area (Å²) in [7, 11) is 6.75. The van der Waals surface area contributed by atoms with Gasteiger partial charge in [0.05, 0.1) is 13.9 Å². The highest BCUT2D eigenvalue weighted by Crippen LogP contribution is 2.45. The van der Waals surface area contributed by atoms with Crippen LogP contribution in [0.1, 0.15) is 79.6 Å². The van der Waals surface area contributed by atoms with E-state index in [1.807, 2.05) is 4.90 Å². The van der Waals surface area contributed by atoms with Gasteiger partial charge in [-0.15, -0.1) is 0 Å². The van der Waals surface area contributed by atoms with E-state index in [1.54, 1.807) is 0 Å². The molecule has 1 heterocycles. The minimum atomic E-state index is -0.116. The summed E-state index contributed by atoms with van der Waals surface area (Å²) in [4.78, 5) is 14.2. The van der Waals surface area contributed by atoms with Crippen molar-refractivity contribution >= 4 is 13.9 Å². The van der Waals surface area contributed by atoms with Crippen LogP contribution in [0.3, 0.4) is 0 Å². The molecule has 1 saturated heterocycles. The van der Waals surface area contributed by atoms with E-state index in [1.165, 1.54) is 0 Å². The molecule has 2 aliphatic rings. The normalized spacial score (nSPS) is 36.7. The average Bonchev–Trinajstić information content (AvgIpc) is 2.75. The molecule has 23 heavy (non-hydrogen) atoms. The number of ether oxygens (including phenoxy) is 1. The summed E-state index contributed by atoms with van der Waals surface area (Å²) in [5, 5.41) is -0.0483. The molecule has 1 saturated carbocycles. The number of hydrogen-bond donors (Lipinski definition) is 0. The fraction of sp³-hybridized carbons (Fsp3) is 0.947. The molecule has 2 rings (SSSR count). The first kappa shape index (κ1) is 18.7. The van der Waals surface area contributed by atoms with Crippen LogP contribution in [-0.2, 0) is 4.74 Å². The molecule has 4 heteroatoms. The van der Waals surface area contributed by atoms with E-state index in [0.29, 0.717) is 11.8 Å². The maximum Gasteiger partial charge on any atom is 0.410 e. The predicted octanol–water partition coefficient (Wildman–Crippen LogP) is 4.95. The van der Waals surface area contributed by atoms with E-state index < -0.39 is 0 Å². The van der Waals surface area contributed by atoms with E-state index in [9.17, 15) is 4.79 Å². The highest BCUT2D eigenvalue weighted by atomic mass is 16.6. The molecule has 0 bridgehead atoms. The summed E-state index contributed by atoms with van der Waals surface area (Å²) >= 11 is 0. The maximum atomic E-state index is 12.2. The third kappa shape index (κ3) is 4.25. The zero-order valence-electron chi connectivity index (χ0n) is 15.7. The van der Waals surface area contributed by atoms with Gasteiger partial charge in [0.15, 0.2) is 0 Å². The highest BCUT2D eigenvalue weighted by molar-refractivity contribution is 6.15. The minimum Gasteiger partial charge on any atom is -0.444 e. The van der Waals surface area contributed by atoms with Gasteiger partial charge in [-0.25, -0.2) is 4.79 Å². The Morgan fingerprint density at radius 3 is 2.48 bits per heavy atom. The average molecular weight is 319 g/mol. The zero-order chi connectivity index (χ0) is 17.2. The molecule has 0 aromatic heterocycles.